The molecule has 0 amide bonds. The molecular formula is C17H18O2. The third-order valence-corrected chi connectivity index (χ3v) is 2.92. The molecule has 0 atom stereocenters. The van der Waals surface area contributed by atoms with Gasteiger partial charge in [0.25, 0.3) is 0 Å². The molecule has 0 aromatic heterocycles. The van der Waals surface area contributed by atoms with Crippen LogP contribution in [-0.4, -0.2) is 14.2 Å². The Morgan fingerprint density at radius 2 is 1.47 bits per heavy atom. The van der Waals surface area contributed by atoms with E-state index >= 15 is 0 Å². The molecule has 0 heterocycles. The van der Waals surface area contributed by atoms with Crippen LogP contribution in [0.5, 0.6) is 11.5 Å². The molecule has 0 aliphatic heterocycles. The Kier molecular flexibility index (Phi) is 4.24. The second-order valence-electron chi connectivity index (χ2n) is 4.36. The molecule has 19 heavy (non-hydrogen) atoms. The van der Waals surface area contributed by atoms with E-state index in [0.29, 0.717) is 0 Å². The molecule has 2 heteroatoms. The molecule has 0 radical (unpaired) electrons. The van der Waals surface area contributed by atoms with Crippen LogP contribution in [0, 0.1) is 6.92 Å². The number of benzene rings is 2. The van der Waals surface area contributed by atoms with Crippen molar-refractivity contribution in [1.29, 1.82) is 0 Å². The molecular weight excluding hydrogens is 236 g/mol. The van der Waals surface area contributed by atoms with Gasteiger partial charge in [-0.1, -0.05) is 48.0 Å². The lowest BCUT2D eigenvalue weighted by atomic mass is 10.1. The maximum Gasteiger partial charge on any atom is 0.161 e. The Labute approximate surface area is 114 Å². The number of methoxy groups -OCH3 is 2. The lowest BCUT2D eigenvalue weighted by molar-refractivity contribution is 0.355. The maximum absolute atomic E-state index is 5.29. The van der Waals surface area contributed by atoms with Gasteiger partial charge in [-0.3, -0.25) is 0 Å². The minimum atomic E-state index is 0.744. The van der Waals surface area contributed by atoms with E-state index < -0.39 is 0 Å². The van der Waals surface area contributed by atoms with Crippen LogP contribution < -0.4 is 9.47 Å². The van der Waals surface area contributed by atoms with Gasteiger partial charge in [0.05, 0.1) is 14.2 Å². The highest BCUT2D eigenvalue weighted by atomic mass is 16.5. The van der Waals surface area contributed by atoms with Crippen LogP contribution in [-0.2, 0) is 0 Å². The fourth-order valence-electron chi connectivity index (χ4n) is 1.92. The van der Waals surface area contributed by atoms with Crippen molar-refractivity contribution in [3.63, 3.8) is 0 Å². The van der Waals surface area contributed by atoms with Crippen molar-refractivity contribution in [2.45, 2.75) is 6.92 Å². The van der Waals surface area contributed by atoms with Crippen LogP contribution in [0.15, 0.2) is 42.5 Å². The molecule has 0 aliphatic carbocycles. The summed E-state index contributed by atoms with van der Waals surface area (Å²) in [5.74, 6) is 1.49. The van der Waals surface area contributed by atoms with E-state index in [4.69, 9.17) is 9.47 Å². The zero-order valence-corrected chi connectivity index (χ0v) is 11.5. The van der Waals surface area contributed by atoms with Crippen LogP contribution in [0.4, 0.5) is 0 Å². The summed E-state index contributed by atoms with van der Waals surface area (Å²) >= 11 is 0. The summed E-state index contributed by atoms with van der Waals surface area (Å²) in [6.07, 6.45) is 4.16. The summed E-state index contributed by atoms with van der Waals surface area (Å²) in [5.41, 5.74) is 3.53. The van der Waals surface area contributed by atoms with Crippen LogP contribution in [0.2, 0.25) is 0 Å². The first-order valence-electron chi connectivity index (χ1n) is 6.19. The van der Waals surface area contributed by atoms with Crippen molar-refractivity contribution in [3.05, 3.63) is 59.2 Å². The average Bonchev–Trinajstić information content (AvgIpc) is 2.45. The summed E-state index contributed by atoms with van der Waals surface area (Å²) in [5, 5.41) is 0. The molecule has 2 aromatic rings. The first kappa shape index (κ1) is 13.2. The number of hydrogen-bond donors (Lipinski definition) is 0. The molecule has 0 spiro atoms. The highest BCUT2D eigenvalue weighted by molar-refractivity contribution is 5.71. The molecule has 0 bridgehead atoms. The summed E-state index contributed by atoms with van der Waals surface area (Å²) < 4.78 is 10.5. The average molecular weight is 254 g/mol. The van der Waals surface area contributed by atoms with E-state index in [-0.39, 0.29) is 0 Å². The minimum absolute atomic E-state index is 0.744. The summed E-state index contributed by atoms with van der Waals surface area (Å²) in [7, 11) is 3.28. The quantitative estimate of drug-likeness (QED) is 0.762. The van der Waals surface area contributed by atoms with E-state index in [1.54, 1.807) is 14.2 Å². The van der Waals surface area contributed by atoms with Gasteiger partial charge in [-0.15, -0.1) is 0 Å². The first-order valence-corrected chi connectivity index (χ1v) is 6.19. The van der Waals surface area contributed by atoms with Gasteiger partial charge in [0.15, 0.2) is 11.5 Å². The van der Waals surface area contributed by atoms with Gasteiger partial charge < -0.3 is 9.47 Å². The highest BCUT2D eigenvalue weighted by Crippen LogP contribution is 2.28. The summed E-state index contributed by atoms with van der Waals surface area (Å²) in [6, 6.07) is 14.3. The predicted molar refractivity (Wildman–Crippen MR) is 79.7 cm³/mol. The van der Waals surface area contributed by atoms with Crippen molar-refractivity contribution >= 4 is 12.2 Å². The number of hydrogen-bond acceptors (Lipinski definition) is 2. The van der Waals surface area contributed by atoms with Gasteiger partial charge in [-0.25, -0.2) is 0 Å². The molecule has 0 fully saturated rings. The summed E-state index contributed by atoms with van der Waals surface area (Å²) in [6.45, 7) is 2.09. The zero-order valence-electron chi connectivity index (χ0n) is 11.5. The van der Waals surface area contributed by atoms with E-state index in [0.717, 1.165) is 17.1 Å². The third kappa shape index (κ3) is 3.38. The molecule has 0 N–H and O–H groups in total. The molecule has 0 saturated carbocycles. The number of aryl methyl sites for hydroxylation is 1. The highest BCUT2D eigenvalue weighted by Gasteiger charge is 2.02. The van der Waals surface area contributed by atoms with Gasteiger partial charge in [0.1, 0.15) is 0 Å². The lowest BCUT2D eigenvalue weighted by Gasteiger charge is -2.07. The molecule has 0 aliphatic rings. The Morgan fingerprint density at radius 1 is 0.789 bits per heavy atom. The topological polar surface area (TPSA) is 18.5 Å². The SMILES string of the molecule is COc1ccc(C=Cc2cccc(C)c2)cc1OC. The van der Waals surface area contributed by atoms with Gasteiger partial charge in [0, 0.05) is 0 Å². The van der Waals surface area contributed by atoms with Gasteiger partial charge in [0.2, 0.25) is 0 Å². The Morgan fingerprint density at radius 3 is 2.11 bits per heavy atom. The van der Waals surface area contributed by atoms with Crippen molar-refractivity contribution in [2.75, 3.05) is 14.2 Å². The minimum Gasteiger partial charge on any atom is -0.493 e. The van der Waals surface area contributed by atoms with Crippen LogP contribution in [0.1, 0.15) is 16.7 Å². The lowest BCUT2D eigenvalue weighted by Crippen LogP contribution is -1.90. The second kappa shape index (κ2) is 6.10. The maximum atomic E-state index is 5.29. The van der Waals surface area contributed by atoms with Crippen LogP contribution in [0.3, 0.4) is 0 Å². The largest absolute Gasteiger partial charge is 0.493 e. The standard InChI is InChI=1S/C17H18O2/c1-13-5-4-6-14(11-13)7-8-15-9-10-16(18-2)17(12-15)19-3/h4-12H,1-3H3. The second-order valence-corrected chi connectivity index (χ2v) is 4.36. The van der Waals surface area contributed by atoms with Crippen molar-refractivity contribution < 1.29 is 9.47 Å². The number of ether oxygens (including phenoxy) is 2. The molecule has 2 rings (SSSR count). The summed E-state index contributed by atoms with van der Waals surface area (Å²) in [4.78, 5) is 0. The van der Waals surface area contributed by atoms with E-state index in [9.17, 15) is 0 Å². The van der Waals surface area contributed by atoms with Crippen LogP contribution in [0.25, 0.3) is 12.2 Å². The monoisotopic (exact) mass is 254 g/mol. The fraction of sp³-hybridized carbons (Fsp3) is 0.176. The number of rotatable bonds is 4. The smallest absolute Gasteiger partial charge is 0.161 e. The first-order chi connectivity index (χ1) is 9.22. The molecule has 0 unspecified atom stereocenters. The van der Waals surface area contributed by atoms with E-state index in [2.05, 4.69) is 43.3 Å². The predicted octanol–water partition coefficient (Wildman–Crippen LogP) is 4.18. The van der Waals surface area contributed by atoms with Crippen molar-refractivity contribution in [1.82, 2.24) is 0 Å². The van der Waals surface area contributed by atoms with Crippen molar-refractivity contribution in [2.24, 2.45) is 0 Å². The van der Waals surface area contributed by atoms with Gasteiger partial charge >= 0.3 is 0 Å². The van der Waals surface area contributed by atoms with Gasteiger partial charge in [-0.05, 0) is 30.2 Å². The van der Waals surface area contributed by atoms with Crippen molar-refractivity contribution in [3.8, 4) is 11.5 Å². The Bertz CT molecular complexity index is 586. The van der Waals surface area contributed by atoms with Crippen LogP contribution >= 0.6 is 0 Å². The van der Waals surface area contributed by atoms with E-state index in [1.165, 1.54) is 11.1 Å². The third-order valence-electron chi connectivity index (χ3n) is 2.92. The molecule has 2 nitrogen and oxygen atoms in total. The van der Waals surface area contributed by atoms with Gasteiger partial charge in [-0.2, -0.15) is 0 Å². The molecule has 98 valence electrons. The molecule has 2 aromatic carbocycles. The molecule has 0 saturated heterocycles. The fourth-order valence-corrected chi connectivity index (χ4v) is 1.92. The Hall–Kier alpha value is -2.22. The Balaban J connectivity index is 2.23. The zero-order chi connectivity index (χ0) is 13.7. The normalized spacial score (nSPS) is 10.7. The van der Waals surface area contributed by atoms with E-state index in [1.807, 2.05) is 18.2 Å².